The summed E-state index contributed by atoms with van der Waals surface area (Å²) >= 11 is 7.53. The van der Waals surface area contributed by atoms with E-state index < -0.39 is 0 Å². The monoisotopic (exact) mass is 358 g/mol. The second-order valence-electron chi connectivity index (χ2n) is 5.02. The van der Waals surface area contributed by atoms with Crippen LogP contribution in [0.5, 0.6) is 5.75 Å². The van der Waals surface area contributed by atoms with Crippen molar-refractivity contribution in [1.29, 1.82) is 0 Å². The summed E-state index contributed by atoms with van der Waals surface area (Å²) in [5.41, 5.74) is 2.35. The Labute approximate surface area is 149 Å². The first-order valence-corrected chi connectivity index (χ1v) is 8.54. The number of ether oxygens (including phenoxy) is 1. The van der Waals surface area contributed by atoms with E-state index in [1.54, 1.807) is 31.4 Å². The Balaban J connectivity index is 1.66. The average Bonchev–Trinajstić information content (AvgIpc) is 3.09. The average molecular weight is 359 g/mol. The van der Waals surface area contributed by atoms with Crippen molar-refractivity contribution < 1.29 is 9.53 Å². The summed E-state index contributed by atoms with van der Waals surface area (Å²) in [6.07, 6.45) is 0. The highest BCUT2D eigenvalue weighted by Gasteiger charge is 2.10. The first-order chi connectivity index (χ1) is 11.7. The molecule has 0 spiro atoms. The molecule has 6 heteroatoms. The lowest BCUT2D eigenvalue weighted by Crippen LogP contribution is -2.22. The van der Waals surface area contributed by atoms with Gasteiger partial charge in [-0.15, -0.1) is 11.3 Å². The van der Waals surface area contributed by atoms with Crippen LogP contribution in [-0.2, 0) is 6.54 Å². The zero-order chi connectivity index (χ0) is 16.9. The molecule has 0 aliphatic carbocycles. The van der Waals surface area contributed by atoms with Crippen LogP contribution in [0.2, 0.25) is 5.02 Å². The summed E-state index contributed by atoms with van der Waals surface area (Å²) in [6, 6.07) is 14.7. The van der Waals surface area contributed by atoms with Gasteiger partial charge in [0, 0.05) is 10.9 Å². The number of aromatic nitrogens is 1. The Hall–Kier alpha value is -2.37. The number of nitrogens with zero attached hydrogens (tertiary/aromatic N) is 1. The minimum absolute atomic E-state index is 0.207. The van der Waals surface area contributed by atoms with Crippen LogP contribution in [0.25, 0.3) is 11.3 Å². The van der Waals surface area contributed by atoms with Crippen LogP contribution in [0.3, 0.4) is 0 Å². The van der Waals surface area contributed by atoms with Crippen LogP contribution in [0, 0.1) is 0 Å². The second-order valence-corrected chi connectivity index (χ2v) is 6.37. The van der Waals surface area contributed by atoms with Gasteiger partial charge in [0.1, 0.15) is 10.8 Å². The summed E-state index contributed by atoms with van der Waals surface area (Å²) in [7, 11) is 1.64. The molecule has 0 aliphatic rings. The number of carbonyl (C=O) groups is 1. The molecule has 24 heavy (non-hydrogen) atoms. The van der Waals surface area contributed by atoms with Gasteiger partial charge in [-0.1, -0.05) is 23.7 Å². The maximum absolute atomic E-state index is 12.2. The van der Waals surface area contributed by atoms with E-state index in [0.717, 1.165) is 22.0 Å². The fraction of sp³-hybridized carbons (Fsp3) is 0.111. The van der Waals surface area contributed by atoms with Gasteiger partial charge in [0.15, 0.2) is 0 Å². The highest BCUT2D eigenvalue weighted by molar-refractivity contribution is 7.09. The molecule has 4 nitrogen and oxygen atoms in total. The van der Waals surface area contributed by atoms with E-state index in [4.69, 9.17) is 16.3 Å². The van der Waals surface area contributed by atoms with Crippen molar-refractivity contribution in [3.05, 3.63) is 69.5 Å². The molecule has 0 saturated carbocycles. The van der Waals surface area contributed by atoms with Crippen molar-refractivity contribution >= 4 is 28.8 Å². The fourth-order valence-electron chi connectivity index (χ4n) is 2.18. The molecule has 3 aromatic rings. The lowest BCUT2D eigenvalue weighted by atomic mass is 10.2. The lowest BCUT2D eigenvalue weighted by Gasteiger charge is -2.04. The van der Waals surface area contributed by atoms with E-state index in [9.17, 15) is 4.79 Å². The molecule has 0 atom stereocenters. The normalized spacial score (nSPS) is 10.4. The number of carbonyl (C=O) groups excluding carboxylic acids is 1. The van der Waals surface area contributed by atoms with Crippen LogP contribution in [0.1, 0.15) is 15.4 Å². The minimum Gasteiger partial charge on any atom is -0.497 e. The van der Waals surface area contributed by atoms with Gasteiger partial charge in [0.05, 0.1) is 29.9 Å². The van der Waals surface area contributed by atoms with Gasteiger partial charge in [-0.05, 0) is 36.4 Å². The highest BCUT2D eigenvalue weighted by atomic mass is 35.5. The first-order valence-electron chi connectivity index (χ1n) is 7.29. The number of hydrogen-bond acceptors (Lipinski definition) is 4. The Bertz CT molecular complexity index is 846. The van der Waals surface area contributed by atoms with Gasteiger partial charge in [0.2, 0.25) is 0 Å². The number of hydrogen-bond donors (Lipinski definition) is 1. The molecule has 1 aromatic heterocycles. The maximum Gasteiger partial charge on any atom is 0.253 e. The van der Waals surface area contributed by atoms with E-state index in [2.05, 4.69) is 10.3 Å². The zero-order valence-electron chi connectivity index (χ0n) is 13.0. The molecule has 0 radical (unpaired) electrons. The molecule has 0 unspecified atom stereocenters. The van der Waals surface area contributed by atoms with Gasteiger partial charge >= 0.3 is 0 Å². The van der Waals surface area contributed by atoms with Crippen LogP contribution < -0.4 is 10.1 Å². The molecule has 0 aliphatic heterocycles. The topological polar surface area (TPSA) is 51.2 Å². The van der Waals surface area contributed by atoms with E-state index in [1.165, 1.54) is 11.3 Å². The molecule has 0 saturated heterocycles. The third-order valence-corrected chi connectivity index (χ3v) is 4.63. The number of methoxy groups -OCH3 is 1. The van der Waals surface area contributed by atoms with Crippen LogP contribution >= 0.6 is 22.9 Å². The summed E-state index contributed by atoms with van der Waals surface area (Å²) in [5.74, 6) is 0.600. The second kappa shape index (κ2) is 7.47. The predicted molar refractivity (Wildman–Crippen MR) is 96.7 cm³/mol. The summed E-state index contributed by atoms with van der Waals surface area (Å²) < 4.78 is 5.15. The van der Waals surface area contributed by atoms with Crippen LogP contribution in [0.15, 0.2) is 53.9 Å². The van der Waals surface area contributed by atoms with E-state index in [1.807, 2.05) is 29.6 Å². The molecule has 1 heterocycles. The molecule has 1 N–H and O–H groups in total. The van der Waals surface area contributed by atoms with Crippen molar-refractivity contribution in [2.24, 2.45) is 0 Å². The molecule has 1 amide bonds. The lowest BCUT2D eigenvalue weighted by molar-refractivity contribution is 0.0951. The number of amides is 1. The van der Waals surface area contributed by atoms with Gasteiger partial charge in [-0.25, -0.2) is 4.98 Å². The van der Waals surface area contributed by atoms with Crippen LogP contribution in [-0.4, -0.2) is 18.0 Å². The largest absolute Gasteiger partial charge is 0.497 e. The smallest absolute Gasteiger partial charge is 0.253 e. The number of benzene rings is 2. The summed E-state index contributed by atoms with van der Waals surface area (Å²) in [5, 5.41) is 6.09. The summed E-state index contributed by atoms with van der Waals surface area (Å²) in [6.45, 7) is 0.366. The van der Waals surface area contributed by atoms with Gasteiger partial charge < -0.3 is 10.1 Å². The fourth-order valence-corrected chi connectivity index (χ4v) is 3.15. The van der Waals surface area contributed by atoms with E-state index in [-0.39, 0.29) is 5.91 Å². The van der Waals surface area contributed by atoms with Crippen molar-refractivity contribution in [3.8, 4) is 17.0 Å². The molecule has 0 fully saturated rings. The molecule has 2 aromatic carbocycles. The Morgan fingerprint density at radius 3 is 2.67 bits per heavy atom. The Kier molecular flexibility index (Phi) is 5.13. The zero-order valence-corrected chi connectivity index (χ0v) is 14.5. The predicted octanol–water partition coefficient (Wildman–Crippen LogP) is 4.40. The van der Waals surface area contributed by atoms with Crippen molar-refractivity contribution in [3.63, 3.8) is 0 Å². The highest BCUT2D eigenvalue weighted by Crippen LogP contribution is 2.24. The third kappa shape index (κ3) is 3.75. The molecule has 0 bridgehead atoms. The molecular weight excluding hydrogens is 344 g/mol. The van der Waals surface area contributed by atoms with Crippen molar-refractivity contribution in [2.45, 2.75) is 6.54 Å². The van der Waals surface area contributed by atoms with Crippen molar-refractivity contribution in [1.82, 2.24) is 10.3 Å². The SMILES string of the molecule is COc1ccc(-c2csc(CNC(=O)c3ccccc3Cl)n2)cc1. The Morgan fingerprint density at radius 1 is 1.21 bits per heavy atom. The van der Waals surface area contributed by atoms with Crippen molar-refractivity contribution in [2.75, 3.05) is 7.11 Å². The standard InChI is InChI=1S/C18H15ClN2O2S/c1-23-13-8-6-12(7-9-13)16-11-24-17(21-16)10-20-18(22)14-4-2-3-5-15(14)19/h2-9,11H,10H2,1H3,(H,20,22). The number of nitrogens with one attached hydrogen (secondary N) is 1. The first kappa shape index (κ1) is 16.5. The minimum atomic E-state index is -0.207. The maximum atomic E-state index is 12.2. The number of halogens is 1. The van der Waals surface area contributed by atoms with Gasteiger partial charge in [0.25, 0.3) is 5.91 Å². The quantitative estimate of drug-likeness (QED) is 0.735. The Morgan fingerprint density at radius 2 is 1.96 bits per heavy atom. The summed E-state index contributed by atoms with van der Waals surface area (Å²) in [4.78, 5) is 16.7. The van der Waals surface area contributed by atoms with Crippen LogP contribution in [0.4, 0.5) is 0 Å². The van der Waals surface area contributed by atoms with Gasteiger partial charge in [-0.2, -0.15) is 0 Å². The van der Waals surface area contributed by atoms with E-state index >= 15 is 0 Å². The number of thiazole rings is 1. The number of rotatable bonds is 5. The molecule has 3 rings (SSSR count). The third-order valence-electron chi connectivity index (χ3n) is 3.46. The molecule has 122 valence electrons. The molecular formula is C18H15ClN2O2S. The van der Waals surface area contributed by atoms with E-state index in [0.29, 0.717) is 17.1 Å². The van der Waals surface area contributed by atoms with Gasteiger partial charge in [-0.3, -0.25) is 4.79 Å².